The molecule has 0 saturated heterocycles. The van der Waals surface area contributed by atoms with Crippen LogP contribution >= 0.6 is 11.6 Å². The summed E-state index contributed by atoms with van der Waals surface area (Å²) in [6.07, 6.45) is 7.26. The second kappa shape index (κ2) is 8.14. The molecule has 3 heteroatoms. The molecule has 0 spiro atoms. The van der Waals surface area contributed by atoms with E-state index in [-0.39, 0.29) is 11.9 Å². The molecule has 1 aromatic rings. The van der Waals surface area contributed by atoms with E-state index in [1.807, 2.05) is 6.07 Å². The Balaban J connectivity index is 2.30. The fourth-order valence-corrected chi connectivity index (χ4v) is 3.91. The molecule has 0 heterocycles. The summed E-state index contributed by atoms with van der Waals surface area (Å²) >= 11 is 6.11. The molecule has 0 aliphatic heterocycles. The zero-order chi connectivity index (χ0) is 15.2. The molecule has 21 heavy (non-hydrogen) atoms. The second-order valence-corrected chi connectivity index (χ2v) is 6.65. The first-order valence-corrected chi connectivity index (χ1v) is 8.73. The van der Waals surface area contributed by atoms with E-state index in [0.29, 0.717) is 16.9 Å². The summed E-state index contributed by atoms with van der Waals surface area (Å²) in [4.78, 5) is 0. The van der Waals surface area contributed by atoms with Crippen molar-refractivity contribution in [3.05, 3.63) is 34.6 Å². The highest BCUT2D eigenvalue weighted by Crippen LogP contribution is 2.41. The third kappa shape index (κ3) is 4.20. The second-order valence-electron chi connectivity index (χ2n) is 6.21. The molecule has 0 amide bonds. The number of hydrogen-bond donors (Lipinski definition) is 1. The number of hydrogen-bond acceptors (Lipinski definition) is 1. The van der Waals surface area contributed by atoms with E-state index in [4.69, 9.17) is 11.6 Å². The zero-order valence-electron chi connectivity index (χ0n) is 13.2. The number of halogens is 2. The smallest absolute Gasteiger partial charge is 0.128 e. The first kappa shape index (κ1) is 16.8. The predicted molar refractivity (Wildman–Crippen MR) is 88.2 cm³/mol. The highest BCUT2D eigenvalue weighted by atomic mass is 35.5. The van der Waals surface area contributed by atoms with Crippen LogP contribution in [-0.4, -0.2) is 6.54 Å². The molecule has 1 nitrogen and oxygen atoms in total. The van der Waals surface area contributed by atoms with Gasteiger partial charge in [0.05, 0.1) is 0 Å². The number of rotatable bonds is 6. The van der Waals surface area contributed by atoms with Gasteiger partial charge in [0.1, 0.15) is 5.82 Å². The Kier molecular flexibility index (Phi) is 6.50. The molecule has 2 rings (SSSR count). The minimum absolute atomic E-state index is 0.0916. The lowest BCUT2D eigenvalue weighted by Crippen LogP contribution is -2.35. The van der Waals surface area contributed by atoms with E-state index in [1.54, 1.807) is 6.07 Å². The largest absolute Gasteiger partial charge is 0.310 e. The van der Waals surface area contributed by atoms with Crippen LogP contribution in [0.25, 0.3) is 0 Å². The van der Waals surface area contributed by atoms with Gasteiger partial charge < -0.3 is 5.32 Å². The first-order valence-electron chi connectivity index (χ1n) is 8.35. The minimum atomic E-state index is -0.131. The van der Waals surface area contributed by atoms with Crippen molar-refractivity contribution in [1.29, 1.82) is 0 Å². The lowest BCUT2D eigenvalue weighted by molar-refractivity contribution is 0.173. The highest BCUT2D eigenvalue weighted by Gasteiger charge is 2.32. The highest BCUT2D eigenvalue weighted by molar-refractivity contribution is 6.30. The number of benzene rings is 1. The van der Waals surface area contributed by atoms with Gasteiger partial charge in [-0.25, -0.2) is 4.39 Å². The first-order chi connectivity index (χ1) is 10.2. The predicted octanol–water partition coefficient (Wildman–Crippen LogP) is 5.74. The molecule has 1 N–H and O–H groups in total. The van der Waals surface area contributed by atoms with E-state index in [2.05, 4.69) is 19.2 Å². The van der Waals surface area contributed by atoms with E-state index in [1.165, 1.54) is 38.2 Å². The molecule has 0 aromatic heterocycles. The van der Waals surface area contributed by atoms with Crippen LogP contribution in [0.3, 0.4) is 0 Å². The van der Waals surface area contributed by atoms with Crippen LogP contribution < -0.4 is 5.32 Å². The molecule has 3 unspecified atom stereocenters. The third-order valence-electron chi connectivity index (χ3n) is 4.83. The van der Waals surface area contributed by atoms with Gasteiger partial charge in [0.25, 0.3) is 0 Å². The summed E-state index contributed by atoms with van der Waals surface area (Å²) < 4.78 is 14.3. The summed E-state index contributed by atoms with van der Waals surface area (Å²) in [7, 11) is 0. The maximum Gasteiger partial charge on any atom is 0.128 e. The maximum atomic E-state index is 14.3. The molecule has 0 bridgehead atoms. The molecule has 118 valence electrons. The normalized spacial score (nSPS) is 24.0. The van der Waals surface area contributed by atoms with Gasteiger partial charge in [-0.2, -0.15) is 0 Å². The van der Waals surface area contributed by atoms with Crippen molar-refractivity contribution in [2.24, 2.45) is 11.8 Å². The molecule has 1 aliphatic carbocycles. The average Bonchev–Trinajstić information content (AvgIpc) is 2.51. The topological polar surface area (TPSA) is 12.0 Å². The Labute approximate surface area is 133 Å². The zero-order valence-corrected chi connectivity index (χ0v) is 13.9. The Bertz CT molecular complexity index is 449. The van der Waals surface area contributed by atoms with Crippen LogP contribution in [0.1, 0.15) is 64.0 Å². The van der Waals surface area contributed by atoms with Crippen molar-refractivity contribution in [1.82, 2.24) is 5.32 Å². The Hall–Kier alpha value is -0.600. The van der Waals surface area contributed by atoms with Crippen LogP contribution in [0.5, 0.6) is 0 Å². The van der Waals surface area contributed by atoms with Gasteiger partial charge >= 0.3 is 0 Å². The van der Waals surface area contributed by atoms with Crippen LogP contribution in [-0.2, 0) is 0 Å². The fraction of sp³-hybridized carbons (Fsp3) is 0.667. The Morgan fingerprint density at radius 3 is 2.76 bits per heavy atom. The van der Waals surface area contributed by atoms with E-state index < -0.39 is 0 Å². The van der Waals surface area contributed by atoms with Crippen molar-refractivity contribution in [3.63, 3.8) is 0 Å². The molecule has 0 radical (unpaired) electrons. The van der Waals surface area contributed by atoms with Crippen molar-refractivity contribution >= 4 is 11.6 Å². The lowest BCUT2D eigenvalue weighted by Gasteiger charge is -2.38. The summed E-state index contributed by atoms with van der Waals surface area (Å²) in [5, 5.41) is 4.21. The number of nitrogens with one attached hydrogen (secondary N) is 1. The van der Waals surface area contributed by atoms with Gasteiger partial charge in [-0.15, -0.1) is 0 Å². The van der Waals surface area contributed by atoms with Crippen LogP contribution in [0.2, 0.25) is 5.02 Å². The standard InChI is InChI=1S/C18H27ClFN/c1-3-11-21-18(15-8-6-5-7-13(15)4-2)16-12-14(19)9-10-17(16)20/h9-10,12-13,15,18,21H,3-8,11H2,1-2H3. The van der Waals surface area contributed by atoms with Crippen molar-refractivity contribution in [2.45, 2.75) is 58.4 Å². The van der Waals surface area contributed by atoms with Gasteiger partial charge in [0.15, 0.2) is 0 Å². The van der Waals surface area contributed by atoms with Crippen molar-refractivity contribution in [2.75, 3.05) is 6.54 Å². The average molecular weight is 312 g/mol. The molecule has 1 saturated carbocycles. The Morgan fingerprint density at radius 2 is 2.05 bits per heavy atom. The quantitative estimate of drug-likeness (QED) is 0.706. The monoisotopic (exact) mass is 311 g/mol. The van der Waals surface area contributed by atoms with Gasteiger partial charge in [-0.05, 0) is 49.4 Å². The Morgan fingerprint density at radius 1 is 1.29 bits per heavy atom. The van der Waals surface area contributed by atoms with Gasteiger partial charge in [-0.3, -0.25) is 0 Å². The van der Waals surface area contributed by atoms with Gasteiger partial charge in [0, 0.05) is 16.6 Å². The summed E-state index contributed by atoms with van der Waals surface area (Å²) in [6, 6.07) is 5.04. The molecule has 1 aliphatic rings. The minimum Gasteiger partial charge on any atom is -0.310 e. The summed E-state index contributed by atoms with van der Waals surface area (Å²) in [5.74, 6) is 1.07. The molecule has 1 aromatic carbocycles. The summed E-state index contributed by atoms with van der Waals surface area (Å²) in [6.45, 7) is 5.33. The van der Waals surface area contributed by atoms with E-state index in [9.17, 15) is 4.39 Å². The van der Waals surface area contributed by atoms with Crippen molar-refractivity contribution in [3.8, 4) is 0 Å². The fourth-order valence-electron chi connectivity index (χ4n) is 3.73. The maximum absolute atomic E-state index is 14.3. The van der Waals surface area contributed by atoms with Crippen molar-refractivity contribution < 1.29 is 4.39 Å². The molecule has 1 fully saturated rings. The van der Waals surface area contributed by atoms with E-state index >= 15 is 0 Å². The van der Waals surface area contributed by atoms with E-state index in [0.717, 1.165) is 18.5 Å². The van der Waals surface area contributed by atoms with Gasteiger partial charge in [0.2, 0.25) is 0 Å². The molecular formula is C18H27ClFN. The van der Waals surface area contributed by atoms with Crippen LogP contribution in [0.4, 0.5) is 4.39 Å². The summed E-state index contributed by atoms with van der Waals surface area (Å²) in [5.41, 5.74) is 0.751. The van der Waals surface area contributed by atoms with Crippen LogP contribution in [0.15, 0.2) is 18.2 Å². The van der Waals surface area contributed by atoms with Gasteiger partial charge in [-0.1, -0.05) is 51.1 Å². The van der Waals surface area contributed by atoms with Crippen LogP contribution in [0, 0.1) is 17.7 Å². The third-order valence-corrected chi connectivity index (χ3v) is 5.06. The SMILES string of the molecule is CCCNC(c1cc(Cl)ccc1F)C1CCCCC1CC. The lowest BCUT2D eigenvalue weighted by atomic mass is 9.72. The molecular weight excluding hydrogens is 285 g/mol. The molecule has 3 atom stereocenters.